The summed E-state index contributed by atoms with van der Waals surface area (Å²) in [6.07, 6.45) is 4.68. The van der Waals surface area contributed by atoms with Crippen LogP contribution in [0.3, 0.4) is 0 Å². The number of carboxylic acid groups (broad SMARTS) is 1. The van der Waals surface area contributed by atoms with Crippen LogP contribution in [-0.2, 0) is 16.1 Å². The maximum atomic E-state index is 12.0. The van der Waals surface area contributed by atoms with E-state index in [-0.39, 0.29) is 5.91 Å². The zero-order valence-corrected chi connectivity index (χ0v) is 10.1. The Labute approximate surface area is 105 Å². The number of rotatable bonds is 4. The third-order valence-electron chi connectivity index (χ3n) is 3.43. The van der Waals surface area contributed by atoms with Crippen LogP contribution in [0.4, 0.5) is 0 Å². The first-order valence-electron chi connectivity index (χ1n) is 6.17. The molecule has 1 saturated carbocycles. The van der Waals surface area contributed by atoms with Gasteiger partial charge in [-0.15, -0.1) is 0 Å². The number of carboxylic acids is 1. The summed E-state index contributed by atoms with van der Waals surface area (Å²) in [6, 6.07) is 1.77. The molecular formula is C12H17N3O3. The fourth-order valence-electron chi connectivity index (χ4n) is 2.44. The number of carbonyl (C=O) groups excluding carboxylic acids is 1. The fourth-order valence-corrected chi connectivity index (χ4v) is 2.44. The summed E-state index contributed by atoms with van der Waals surface area (Å²) >= 11 is 0. The number of nitrogens with zero attached hydrogens (tertiary/aromatic N) is 1. The van der Waals surface area contributed by atoms with Crippen molar-refractivity contribution in [3.05, 3.63) is 18.0 Å². The molecule has 98 valence electrons. The Balaban J connectivity index is 1.92. The number of amides is 1. The molecule has 1 aromatic rings. The summed E-state index contributed by atoms with van der Waals surface area (Å²) in [5.74, 6) is -1.98. The smallest absolute Gasteiger partial charge is 0.307 e. The number of aromatic nitrogens is 2. The third-order valence-corrected chi connectivity index (χ3v) is 3.43. The number of hydrogen-bond acceptors (Lipinski definition) is 3. The van der Waals surface area contributed by atoms with Gasteiger partial charge in [0.05, 0.1) is 24.1 Å². The molecule has 0 aliphatic heterocycles. The second kappa shape index (κ2) is 5.66. The van der Waals surface area contributed by atoms with Crippen LogP contribution in [0.2, 0.25) is 0 Å². The molecule has 0 saturated heterocycles. The van der Waals surface area contributed by atoms with Gasteiger partial charge in [-0.2, -0.15) is 5.10 Å². The van der Waals surface area contributed by atoms with Crippen LogP contribution in [0.5, 0.6) is 0 Å². The van der Waals surface area contributed by atoms with E-state index in [1.54, 1.807) is 12.3 Å². The van der Waals surface area contributed by atoms with Crippen LogP contribution in [0.1, 0.15) is 31.4 Å². The van der Waals surface area contributed by atoms with E-state index in [4.69, 9.17) is 5.11 Å². The summed E-state index contributed by atoms with van der Waals surface area (Å²) in [5.41, 5.74) is 0.811. The lowest BCUT2D eigenvalue weighted by molar-refractivity contribution is -0.148. The maximum Gasteiger partial charge on any atom is 0.307 e. The van der Waals surface area contributed by atoms with Gasteiger partial charge in [0.15, 0.2) is 0 Å². The van der Waals surface area contributed by atoms with Crippen molar-refractivity contribution in [1.29, 1.82) is 0 Å². The maximum absolute atomic E-state index is 12.0. The van der Waals surface area contributed by atoms with Crippen LogP contribution in [0, 0.1) is 11.8 Å². The largest absolute Gasteiger partial charge is 0.481 e. The van der Waals surface area contributed by atoms with Gasteiger partial charge >= 0.3 is 5.97 Å². The molecule has 1 aliphatic rings. The standard InChI is InChI=1S/C12H17N3O3/c16-11(13-7-8-5-6-14-15-8)9-3-1-2-4-10(9)12(17)18/h5-6,9-10H,1-4,7H2,(H,13,16)(H,14,15)(H,17,18)/t9-,10+/m1/s1. The number of nitrogens with one attached hydrogen (secondary N) is 2. The van der Waals surface area contributed by atoms with Crippen molar-refractivity contribution in [3.63, 3.8) is 0 Å². The number of carbonyl (C=O) groups is 2. The van der Waals surface area contributed by atoms with E-state index < -0.39 is 17.8 Å². The van der Waals surface area contributed by atoms with Crippen molar-refractivity contribution in [2.24, 2.45) is 11.8 Å². The van der Waals surface area contributed by atoms with E-state index in [1.165, 1.54) is 0 Å². The normalized spacial score (nSPS) is 23.6. The van der Waals surface area contributed by atoms with E-state index in [9.17, 15) is 9.59 Å². The minimum Gasteiger partial charge on any atom is -0.481 e. The molecule has 0 bridgehead atoms. The molecule has 2 rings (SSSR count). The minimum atomic E-state index is -0.864. The van der Waals surface area contributed by atoms with Crippen LogP contribution in [-0.4, -0.2) is 27.2 Å². The average molecular weight is 251 g/mol. The summed E-state index contributed by atoms with van der Waals surface area (Å²) in [7, 11) is 0. The molecule has 0 spiro atoms. The molecule has 1 amide bonds. The molecule has 1 heterocycles. The zero-order chi connectivity index (χ0) is 13.0. The van der Waals surface area contributed by atoms with Crippen LogP contribution in [0.15, 0.2) is 12.3 Å². The topological polar surface area (TPSA) is 95.1 Å². The number of aromatic amines is 1. The Morgan fingerprint density at radius 2 is 2.11 bits per heavy atom. The van der Waals surface area contributed by atoms with Crippen LogP contribution >= 0.6 is 0 Å². The van der Waals surface area contributed by atoms with E-state index in [1.807, 2.05) is 0 Å². The molecule has 0 unspecified atom stereocenters. The van der Waals surface area contributed by atoms with Gasteiger partial charge in [-0.3, -0.25) is 14.7 Å². The molecule has 1 fully saturated rings. The summed E-state index contributed by atoms with van der Waals surface area (Å²) in [4.78, 5) is 23.1. The highest BCUT2D eigenvalue weighted by molar-refractivity contribution is 5.84. The second-order valence-corrected chi connectivity index (χ2v) is 4.64. The summed E-state index contributed by atoms with van der Waals surface area (Å²) < 4.78 is 0. The van der Waals surface area contributed by atoms with Crippen molar-refractivity contribution in [2.75, 3.05) is 0 Å². The van der Waals surface area contributed by atoms with Gasteiger partial charge in [-0.1, -0.05) is 12.8 Å². The quantitative estimate of drug-likeness (QED) is 0.741. The molecule has 18 heavy (non-hydrogen) atoms. The lowest BCUT2D eigenvalue weighted by atomic mass is 9.79. The summed E-state index contributed by atoms with van der Waals surface area (Å²) in [5, 5.41) is 18.4. The zero-order valence-electron chi connectivity index (χ0n) is 10.1. The van der Waals surface area contributed by atoms with Gasteiger partial charge in [0.25, 0.3) is 0 Å². The molecular weight excluding hydrogens is 234 g/mol. The van der Waals surface area contributed by atoms with Gasteiger partial charge in [0.1, 0.15) is 0 Å². The molecule has 2 atom stereocenters. The van der Waals surface area contributed by atoms with Crippen molar-refractivity contribution in [2.45, 2.75) is 32.2 Å². The molecule has 3 N–H and O–H groups in total. The first kappa shape index (κ1) is 12.6. The van der Waals surface area contributed by atoms with Crippen LogP contribution in [0.25, 0.3) is 0 Å². The van der Waals surface area contributed by atoms with Gasteiger partial charge in [0.2, 0.25) is 5.91 Å². The Hall–Kier alpha value is -1.85. The number of hydrogen-bond donors (Lipinski definition) is 3. The average Bonchev–Trinajstić information content (AvgIpc) is 2.89. The Morgan fingerprint density at radius 3 is 2.72 bits per heavy atom. The Kier molecular flexibility index (Phi) is 3.96. The molecule has 6 heteroatoms. The predicted molar refractivity (Wildman–Crippen MR) is 63.5 cm³/mol. The number of aliphatic carboxylic acids is 1. The van der Waals surface area contributed by atoms with E-state index in [2.05, 4.69) is 15.5 Å². The van der Waals surface area contributed by atoms with Crippen molar-refractivity contribution in [3.8, 4) is 0 Å². The predicted octanol–water partition coefficient (Wildman–Crippen LogP) is 0.917. The lowest BCUT2D eigenvalue weighted by Crippen LogP contribution is -2.39. The van der Waals surface area contributed by atoms with E-state index in [0.717, 1.165) is 18.5 Å². The van der Waals surface area contributed by atoms with Crippen molar-refractivity contribution < 1.29 is 14.7 Å². The highest BCUT2D eigenvalue weighted by atomic mass is 16.4. The first-order valence-corrected chi connectivity index (χ1v) is 6.17. The van der Waals surface area contributed by atoms with Crippen molar-refractivity contribution >= 4 is 11.9 Å². The van der Waals surface area contributed by atoms with Crippen LogP contribution < -0.4 is 5.32 Å². The monoisotopic (exact) mass is 251 g/mol. The SMILES string of the molecule is O=C(O)[C@H]1CCCC[C@H]1C(=O)NCc1ccn[nH]1. The lowest BCUT2D eigenvalue weighted by Gasteiger charge is -2.27. The Bertz CT molecular complexity index is 416. The fraction of sp³-hybridized carbons (Fsp3) is 0.583. The first-order chi connectivity index (χ1) is 8.68. The minimum absolute atomic E-state index is 0.170. The Morgan fingerprint density at radius 1 is 1.39 bits per heavy atom. The van der Waals surface area contributed by atoms with Gasteiger partial charge < -0.3 is 10.4 Å². The third kappa shape index (κ3) is 2.88. The highest BCUT2D eigenvalue weighted by Crippen LogP contribution is 2.30. The van der Waals surface area contributed by atoms with E-state index in [0.29, 0.717) is 19.4 Å². The molecule has 0 radical (unpaired) electrons. The highest BCUT2D eigenvalue weighted by Gasteiger charge is 2.35. The van der Waals surface area contributed by atoms with Gasteiger partial charge in [0, 0.05) is 6.20 Å². The summed E-state index contributed by atoms with van der Waals surface area (Å²) in [6.45, 7) is 0.363. The molecule has 0 aromatic carbocycles. The van der Waals surface area contributed by atoms with E-state index >= 15 is 0 Å². The molecule has 6 nitrogen and oxygen atoms in total. The number of H-pyrrole nitrogens is 1. The van der Waals surface area contributed by atoms with Gasteiger partial charge in [-0.25, -0.2) is 0 Å². The van der Waals surface area contributed by atoms with Gasteiger partial charge in [-0.05, 0) is 18.9 Å². The second-order valence-electron chi connectivity index (χ2n) is 4.64. The van der Waals surface area contributed by atoms with Crippen molar-refractivity contribution in [1.82, 2.24) is 15.5 Å². The molecule has 1 aliphatic carbocycles. The molecule has 1 aromatic heterocycles.